The first kappa shape index (κ1) is 18.9. The van der Waals surface area contributed by atoms with Crippen molar-refractivity contribution in [2.45, 2.75) is 42.8 Å². The molecule has 0 N–H and O–H groups in total. The maximum atomic E-state index is 12.9. The van der Waals surface area contributed by atoms with E-state index in [1.165, 1.54) is 4.31 Å². The normalized spacial score (nSPS) is 23.4. The highest BCUT2D eigenvalue weighted by Gasteiger charge is 2.42. The topological polar surface area (TPSA) is 76.2 Å². The molecule has 1 spiro atoms. The Kier molecular flexibility index (Phi) is 5.24. The van der Waals surface area contributed by atoms with E-state index in [4.69, 9.17) is 9.47 Å². The highest BCUT2D eigenvalue weighted by molar-refractivity contribution is 7.89. The molecule has 7 nitrogen and oxygen atoms in total. The van der Waals surface area contributed by atoms with Crippen molar-refractivity contribution in [2.75, 3.05) is 39.4 Å². The van der Waals surface area contributed by atoms with Gasteiger partial charge in [-0.15, -0.1) is 0 Å². The zero-order chi connectivity index (χ0) is 18.9. The van der Waals surface area contributed by atoms with Crippen LogP contribution in [0, 0.1) is 0 Å². The van der Waals surface area contributed by atoms with E-state index in [2.05, 4.69) is 0 Å². The van der Waals surface area contributed by atoms with Gasteiger partial charge in [0.15, 0.2) is 5.79 Å². The van der Waals surface area contributed by atoms with E-state index in [9.17, 15) is 13.2 Å². The Hall–Kier alpha value is -1.48. The number of hydrogen-bond donors (Lipinski definition) is 0. The van der Waals surface area contributed by atoms with Crippen LogP contribution in [0.1, 0.15) is 31.2 Å². The summed E-state index contributed by atoms with van der Waals surface area (Å²) < 4.78 is 38.7. The number of rotatable bonds is 5. The molecule has 148 valence electrons. The number of nitrogens with zero attached hydrogens (tertiary/aromatic N) is 2. The van der Waals surface area contributed by atoms with Gasteiger partial charge in [-0.3, -0.25) is 4.79 Å². The molecule has 0 unspecified atom stereocenters. The lowest BCUT2D eigenvalue weighted by Gasteiger charge is -2.36. The van der Waals surface area contributed by atoms with E-state index < -0.39 is 15.8 Å². The van der Waals surface area contributed by atoms with Gasteiger partial charge in [0.25, 0.3) is 0 Å². The Morgan fingerprint density at radius 3 is 2.26 bits per heavy atom. The number of carbonyl (C=O) groups is 1. The second kappa shape index (κ2) is 7.50. The molecule has 3 fully saturated rings. The maximum Gasteiger partial charge on any atom is 0.243 e. The van der Waals surface area contributed by atoms with Crippen LogP contribution in [0.4, 0.5) is 0 Å². The van der Waals surface area contributed by atoms with Crippen molar-refractivity contribution in [3.63, 3.8) is 0 Å². The van der Waals surface area contributed by atoms with Crippen LogP contribution in [0.15, 0.2) is 29.2 Å². The Labute approximate surface area is 160 Å². The summed E-state index contributed by atoms with van der Waals surface area (Å²) in [7, 11) is -3.51. The van der Waals surface area contributed by atoms with Gasteiger partial charge in [-0.2, -0.15) is 4.31 Å². The quantitative estimate of drug-likeness (QED) is 0.754. The van der Waals surface area contributed by atoms with Crippen molar-refractivity contribution < 1.29 is 22.7 Å². The van der Waals surface area contributed by atoms with Gasteiger partial charge < -0.3 is 14.4 Å². The molecule has 8 heteroatoms. The summed E-state index contributed by atoms with van der Waals surface area (Å²) in [4.78, 5) is 13.9. The largest absolute Gasteiger partial charge is 0.347 e. The van der Waals surface area contributed by atoms with Gasteiger partial charge in [-0.1, -0.05) is 12.1 Å². The summed E-state index contributed by atoms with van der Waals surface area (Å²) in [6.07, 6.45) is 3.45. The molecule has 3 heterocycles. The molecule has 3 saturated heterocycles. The van der Waals surface area contributed by atoms with E-state index in [-0.39, 0.29) is 5.91 Å². The van der Waals surface area contributed by atoms with Crippen molar-refractivity contribution >= 4 is 15.9 Å². The number of benzene rings is 1. The van der Waals surface area contributed by atoms with Crippen LogP contribution >= 0.6 is 0 Å². The molecule has 3 aliphatic heterocycles. The minimum atomic E-state index is -3.51. The number of carbonyl (C=O) groups excluding carboxylic acids is 1. The lowest BCUT2D eigenvalue weighted by atomic mass is 10.1. The van der Waals surface area contributed by atoms with Crippen molar-refractivity contribution in [3.8, 4) is 0 Å². The van der Waals surface area contributed by atoms with Gasteiger partial charge in [-0.05, 0) is 30.5 Å². The molecule has 4 rings (SSSR count). The van der Waals surface area contributed by atoms with Gasteiger partial charge in [0.2, 0.25) is 15.9 Å². The summed E-state index contributed by atoms with van der Waals surface area (Å²) >= 11 is 0. The maximum absolute atomic E-state index is 12.9. The number of likely N-dealkylation sites (tertiary alicyclic amines) is 1. The molecule has 1 amide bonds. The number of hydrogen-bond acceptors (Lipinski definition) is 5. The third kappa shape index (κ3) is 3.89. The van der Waals surface area contributed by atoms with Crippen LogP contribution < -0.4 is 0 Å². The SMILES string of the molecule is O=C1CCCN1CCc1ccc(S(=O)(=O)N2CCC3(CC2)OCCO3)cc1. The Morgan fingerprint density at radius 1 is 1.00 bits per heavy atom. The first-order valence-electron chi connectivity index (χ1n) is 9.63. The molecule has 0 aliphatic carbocycles. The Morgan fingerprint density at radius 2 is 1.67 bits per heavy atom. The standard InChI is InChI=1S/C19H26N2O5S/c22-18-2-1-10-20(18)11-7-16-3-5-17(6-4-16)27(23,24)21-12-8-19(9-13-21)25-14-15-26-19/h3-6H,1-2,7-15H2. The molecule has 27 heavy (non-hydrogen) atoms. The van der Waals surface area contributed by atoms with Crippen molar-refractivity contribution in [1.82, 2.24) is 9.21 Å². The fourth-order valence-electron chi connectivity index (χ4n) is 4.03. The number of piperidine rings is 1. The number of ether oxygens (including phenoxy) is 2. The molecule has 0 saturated carbocycles. The van der Waals surface area contributed by atoms with Crippen molar-refractivity contribution in [1.29, 1.82) is 0 Å². The van der Waals surface area contributed by atoms with Crippen LogP contribution in [0.25, 0.3) is 0 Å². The lowest BCUT2D eigenvalue weighted by molar-refractivity contribution is -0.179. The molecule has 1 aromatic carbocycles. The highest BCUT2D eigenvalue weighted by atomic mass is 32.2. The Bertz CT molecular complexity index is 777. The predicted molar refractivity (Wildman–Crippen MR) is 98.6 cm³/mol. The fraction of sp³-hybridized carbons (Fsp3) is 0.632. The highest BCUT2D eigenvalue weighted by Crippen LogP contribution is 2.33. The van der Waals surface area contributed by atoms with E-state index in [0.29, 0.717) is 57.0 Å². The summed E-state index contributed by atoms with van der Waals surface area (Å²) in [6, 6.07) is 7.04. The minimum Gasteiger partial charge on any atom is -0.347 e. The Balaban J connectivity index is 1.36. The first-order valence-corrected chi connectivity index (χ1v) is 11.1. The zero-order valence-electron chi connectivity index (χ0n) is 15.4. The van der Waals surface area contributed by atoms with E-state index in [1.807, 2.05) is 17.0 Å². The van der Waals surface area contributed by atoms with E-state index >= 15 is 0 Å². The minimum absolute atomic E-state index is 0.215. The molecule has 0 radical (unpaired) electrons. The van der Waals surface area contributed by atoms with Gasteiger partial charge in [0, 0.05) is 45.4 Å². The van der Waals surface area contributed by atoms with Crippen LogP contribution in [-0.2, 0) is 30.7 Å². The second-order valence-corrected chi connectivity index (χ2v) is 9.33. The monoisotopic (exact) mass is 394 g/mol. The molecule has 0 bridgehead atoms. The second-order valence-electron chi connectivity index (χ2n) is 7.39. The fourth-order valence-corrected chi connectivity index (χ4v) is 5.48. The summed E-state index contributed by atoms with van der Waals surface area (Å²) in [6.45, 7) is 3.49. The molecule has 0 aromatic heterocycles. The predicted octanol–water partition coefficient (Wildman–Crippen LogP) is 1.38. The molecule has 0 atom stereocenters. The lowest BCUT2D eigenvalue weighted by Crippen LogP contribution is -2.47. The molecule has 1 aromatic rings. The van der Waals surface area contributed by atoms with E-state index in [0.717, 1.165) is 24.9 Å². The van der Waals surface area contributed by atoms with E-state index in [1.54, 1.807) is 12.1 Å². The average Bonchev–Trinajstić information content (AvgIpc) is 3.30. The summed E-state index contributed by atoms with van der Waals surface area (Å²) in [5, 5.41) is 0. The van der Waals surface area contributed by atoms with Crippen LogP contribution in [0.3, 0.4) is 0 Å². The number of amides is 1. The van der Waals surface area contributed by atoms with Crippen LogP contribution in [0.5, 0.6) is 0 Å². The average molecular weight is 394 g/mol. The van der Waals surface area contributed by atoms with Crippen molar-refractivity contribution in [3.05, 3.63) is 29.8 Å². The van der Waals surface area contributed by atoms with Gasteiger partial charge in [0.05, 0.1) is 18.1 Å². The van der Waals surface area contributed by atoms with Gasteiger partial charge in [0.1, 0.15) is 0 Å². The molecule has 3 aliphatic rings. The van der Waals surface area contributed by atoms with Gasteiger partial charge >= 0.3 is 0 Å². The van der Waals surface area contributed by atoms with Crippen molar-refractivity contribution in [2.24, 2.45) is 0 Å². The third-order valence-corrected chi connectivity index (χ3v) is 7.61. The summed E-state index contributed by atoms with van der Waals surface area (Å²) in [5.74, 6) is -0.365. The van der Waals surface area contributed by atoms with Crippen LogP contribution in [0.2, 0.25) is 0 Å². The molecular formula is C19H26N2O5S. The smallest absolute Gasteiger partial charge is 0.243 e. The van der Waals surface area contributed by atoms with Gasteiger partial charge in [-0.25, -0.2) is 8.42 Å². The first-order chi connectivity index (χ1) is 13.0. The third-order valence-electron chi connectivity index (χ3n) is 5.70. The zero-order valence-corrected chi connectivity index (χ0v) is 16.2. The summed E-state index contributed by atoms with van der Waals surface area (Å²) in [5.41, 5.74) is 1.04. The number of sulfonamides is 1. The van der Waals surface area contributed by atoms with Crippen LogP contribution in [-0.4, -0.2) is 68.7 Å². The molecular weight excluding hydrogens is 368 g/mol.